The van der Waals surface area contributed by atoms with Gasteiger partial charge in [0.05, 0.1) is 49.5 Å². The number of aliphatic hydroxyl groups excluding tert-OH is 12. The van der Waals surface area contributed by atoms with E-state index in [1.807, 2.05) is 6.92 Å². The fourth-order valence-corrected chi connectivity index (χ4v) is 16.8. The van der Waals surface area contributed by atoms with Gasteiger partial charge in [-0.3, -0.25) is 0 Å². The van der Waals surface area contributed by atoms with Crippen molar-refractivity contribution in [3.05, 3.63) is 23.8 Å². The van der Waals surface area contributed by atoms with E-state index in [0.717, 1.165) is 18.3 Å². The Kier molecular flexibility index (Phi) is 19.0. The Labute approximate surface area is 482 Å². The molecule has 0 aromatic heterocycles. The number of carbonyl (C=O) groups excluding carboxylic acids is 2. The number of aldehydes is 1. The van der Waals surface area contributed by atoms with Crippen molar-refractivity contribution >= 4 is 18.2 Å². The van der Waals surface area contributed by atoms with Crippen molar-refractivity contribution < 1.29 is 123 Å². The van der Waals surface area contributed by atoms with Gasteiger partial charge >= 0.3 is 11.9 Å². The number of fused-ring (bicyclic) bond motifs is 7. The maximum atomic E-state index is 14.1. The molecule has 9 rings (SSSR count). The minimum atomic E-state index is -2.26. The van der Waals surface area contributed by atoms with Crippen molar-refractivity contribution in [2.75, 3.05) is 26.4 Å². The van der Waals surface area contributed by atoms with E-state index in [1.54, 1.807) is 13.0 Å². The topological polar surface area (TPSA) is 397 Å². The molecule has 0 bridgehead atoms. The molecule has 4 aliphatic heterocycles. The van der Waals surface area contributed by atoms with Crippen LogP contribution in [0.2, 0.25) is 0 Å². The number of aliphatic carboxylic acids is 1. The van der Waals surface area contributed by atoms with E-state index in [0.29, 0.717) is 44.9 Å². The number of carboxylic acids is 1. The van der Waals surface area contributed by atoms with Crippen LogP contribution in [0.25, 0.3) is 0 Å². The van der Waals surface area contributed by atoms with Crippen molar-refractivity contribution in [2.45, 2.75) is 242 Å². The van der Waals surface area contributed by atoms with Crippen molar-refractivity contribution in [1.29, 1.82) is 0 Å². The van der Waals surface area contributed by atoms with Gasteiger partial charge in [0, 0.05) is 6.08 Å². The van der Waals surface area contributed by atoms with Crippen LogP contribution < -0.4 is 0 Å². The summed E-state index contributed by atoms with van der Waals surface area (Å²) in [5, 5.41) is 143. The van der Waals surface area contributed by atoms with Crippen LogP contribution in [0, 0.1) is 50.2 Å². The quantitative estimate of drug-likeness (QED) is 0.0285. The van der Waals surface area contributed by atoms with Crippen molar-refractivity contribution in [2.24, 2.45) is 50.2 Å². The Morgan fingerprint density at radius 2 is 1.33 bits per heavy atom. The monoisotopic (exact) mass is 1190 g/mol. The van der Waals surface area contributed by atoms with Gasteiger partial charge in [-0.05, 0) is 97.2 Å². The Morgan fingerprint density at radius 3 is 1.98 bits per heavy atom. The fourth-order valence-electron chi connectivity index (χ4n) is 16.8. The second kappa shape index (κ2) is 24.3. The second-order valence-electron chi connectivity index (χ2n) is 26.9. The van der Waals surface area contributed by atoms with Crippen molar-refractivity contribution in [3.8, 4) is 0 Å². The Balaban J connectivity index is 1.04. The standard InChI is InChI=1S/C58H90O25/c1-8-9-10-11-36(65)78-35-20-53(2,3)18-27-26-12-13-32-54(4)16-15-34(55(5,24-60)31(54)14-17-56(32,6)57(26,7)19-33(64)58(27,35)25-61)79-52-47(83-50-42(71)40(69)39(68)30(21-59)77-50)44(43(72)45(81-52)48(73)74)80-51-46(38(67)29(63)23-76-51)82-49-41(70)37(66)28(62)22-75-49/h10-12,24,27-35,37-47,49-52,59,61-64,66-72H,8-9,13-23,25H2,1-7H3,(H,73,74). The highest BCUT2D eigenvalue weighted by atomic mass is 16.8. The van der Waals surface area contributed by atoms with Crippen LogP contribution in [-0.4, -0.2) is 240 Å². The molecule has 4 saturated heterocycles. The van der Waals surface area contributed by atoms with Gasteiger partial charge in [0.1, 0.15) is 91.7 Å². The molecule has 8 fully saturated rings. The lowest BCUT2D eigenvalue weighted by atomic mass is 9.33. The number of aliphatic hydroxyl groups is 12. The van der Waals surface area contributed by atoms with Crippen LogP contribution >= 0.6 is 0 Å². The second-order valence-corrected chi connectivity index (χ2v) is 26.9. The number of hydrogen-bond acceptors (Lipinski definition) is 24. The first-order valence-corrected chi connectivity index (χ1v) is 29.5. The lowest BCUT2D eigenvalue weighted by molar-refractivity contribution is -0.398. The molecule has 5 aliphatic carbocycles. The van der Waals surface area contributed by atoms with Crippen molar-refractivity contribution in [3.63, 3.8) is 0 Å². The molecule has 472 valence electrons. The number of ether oxygens (including phenoxy) is 9. The van der Waals surface area contributed by atoms with E-state index in [1.165, 1.54) is 6.08 Å². The van der Waals surface area contributed by atoms with Crippen LogP contribution in [0.15, 0.2) is 23.8 Å². The highest BCUT2D eigenvalue weighted by Gasteiger charge is 2.73. The first-order chi connectivity index (χ1) is 39.0. The molecule has 0 amide bonds. The third-order valence-corrected chi connectivity index (χ3v) is 21.7. The number of carbonyl (C=O) groups is 3. The zero-order chi connectivity index (χ0) is 60.7. The van der Waals surface area contributed by atoms with Gasteiger partial charge in [0.25, 0.3) is 0 Å². The summed E-state index contributed by atoms with van der Waals surface area (Å²) in [6.07, 6.45) is -25.8. The molecule has 4 heterocycles. The molecule has 4 saturated carbocycles. The van der Waals surface area contributed by atoms with Crippen LogP contribution in [0.4, 0.5) is 0 Å². The van der Waals surface area contributed by atoms with Gasteiger partial charge in [0.2, 0.25) is 0 Å². The van der Waals surface area contributed by atoms with Crippen LogP contribution in [0.1, 0.15) is 113 Å². The smallest absolute Gasteiger partial charge is 0.335 e. The van der Waals surface area contributed by atoms with E-state index in [9.17, 15) is 80.8 Å². The van der Waals surface area contributed by atoms with Gasteiger partial charge in [-0.15, -0.1) is 0 Å². The largest absolute Gasteiger partial charge is 0.479 e. The molecule has 0 spiro atoms. The molecule has 29 atom stereocenters. The first kappa shape index (κ1) is 64.8. The predicted octanol–water partition coefficient (Wildman–Crippen LogP) is -1.16. The molecular weight excluding hydrogens is 1100 g/mol. The Hall–Kier alpha value is -2.71. The zero-order valence-electron chi connectivity index (χ0n) is 48.3. The molecule has 13 N–H and O–H groups in total. The van der Waals surface area contributed by atoms with Crippen LogP contribution in [0.5, 0.6) is 0 Å². The number of unbranched alkanes of at least 4 members (excludes halogenated alkanes) is 1. The summed E-state index contributed by atoms with van der Waals surface area (Å²) in [5.41, 5.74) is -3.45. The van der Waals surface area contributed by atoms with Gasteiger partial charge < -0.3 is 114 Å². The van der Waals surface area contributed by atoms with E-state index in [-0.39, 0.29) is 30.1 Å². The lowest BCUT2D eigenvalue weighted by Gasteiger charge is -2.72. The Morgan fingerprint density at radius 1 is 0.675 bits per heavy atom. The Bertz CT molecular complexity index is 2370. The molecule has 0 radical (unpaired) electrons. The average Bonchev–Trinajstić information content (AvgIpc) is 2.10. The zero-order valence-corrected chi connectivity index (χ0v) is 48.3. The summed E-state index contributed by atoms with van der Waals surface area (Å²) < 4.78 is 54.5. The molecular formula is C58H90O25. The number of esters is 1. The third kappa shape index (κ3) is 11.0. The molecule has 0 aromatic rings. The van der Waals surface area contributed by atoms with Gasteiger partial charge in [-0.2, -0.15) is 0 Å². The third-order valence-electron chi connectivity index (χ3n) is 21.7. The minimum Gasteiger partial charge on any atom is -0.479 e. The highest BCUT2D eigenvalue weighted by molar-refractivity contribution is 5.82. The summed E-state index contributed by atoms with van der Waals surface area (Å²) in [4.78, 5) is 40.6. The molecule has 83 heavy (non-hydrogen) atoms. The van der Waals surface area contributed by atoms with E-state index in [2.05, 4.69) is 40.7 Å². The predicted molar refractivity (Wildman–Crippen MR) is 282 cm³/mol. The van der Waals surface area contributed by atoms with Crippen LogP contribution in [-0.2, 0) is 57.0 Å². The maximum Gasteiger partial charge on any atom is 0.335 e. The number of allylic oxidation sites excluding steroid dienone is 3. The minimum absolute atomic E-state index is 0.0871. The van der Waals surface area contributed by atoms with E-state index >= 15 is 0 Å². The SMILES string of the molecule is CCCC=CC(=O)OC1CC(C)(C)CC2C3=CCC4C5(C)CCC(OC6OC(C(=O)O)C(O)C(OC7OCC(O)C(O)C7OC7OCC(O)C(O)C7O)C6OC6OC(CO)C(O)C(O)C6O)C(C)(C=O)C5CCC4(C)C3(C)CC(O)C12CO. The molecule has 25 nitrogen and oxygen atoms in total. The first-order valence-electron chi connectivity index (χ1n) is 29.5. The lowest BCUT2D eigenvalue weighted by Crippen LogP contribution is -2.70. The maximum absolute atomic E-state index is 14.1. The molecule has 0 aromatic carbocycles. The number of hydrogen-bond donors (Lipinski definition) is 13. The molecule has 9 aliphatic rings. The number of carboxylic acid groups (broad SMARTS) is 1. The molecule has 29 unspecified atom stereocenters. The fraction of sp³-hybridized carbons (Fsp3) is 0.879. The van der Waals surface area contributed by atoms with Gasteiger partial charge in [-0.25, -0.2) is 9.59 Å². The highest BCUT2D eigenvalue weighted by Crippen LogP contribution is 2.76. The summed E-state index contributed by atoms with van der Waals surface area (Å²) in [6, 6.07) is 0. The normalized spacial score (nSPS) is 51.6. The number of rotatable bonds is 16. The van der Waals surface area contributed by atoms with Crippen LogP contribution in [0.3, 0.4) is 0 Å². The average molecular weight is 1190 g/mol. The van der Waals surface area contributed by atoms with E-state index < -0.39 is 200 Å². The summed E-state index contributed by atoms with van der Waals surface area (Å²) in [7, 11) is 0. The summed E-state index contributed by atoms with van der Waals surface area (Å²) in [6.45, 7) is 12.1. The van der Waals surface area contributed by atoms with Crippen molar-refractivity contribution in [1.82, 2.24) is 0 Å². The summed E-state index contributed by atoms with van der Waals surface area (Å²) in [5.74, 6) is -3.09. The van der Waals surface area contributed by atoms with Gasteiger partial charge in [-0.1, -0.05) is 72.6 Å². The molecule has 25 heteroatoms. The van der Waals surface area contributed by atoms with E-state index in [4.69, 9.17) is 42.6 Å². The summed E-state index contributed by atoms with van der Waals surface area (Å²) >= 11 is 0. The van der Waals surface area contributed by atoms with Gasteiger partial charge in [0.15, 0.2) is 31.3 Å².